The first-order valence-corrected chi connectivity index (χ1v) is 8.24. The highest BCUT2D eigenvalue weighted by Crippen LogP contribution is 2.28. The molecule has 106 valence electrons. The van der Waals surface area contributed by atoms with Crippen molar-refractivity contribution in [2.24, 2.45) is 0 Å². The third kappa shape index (κ3) is 3.89. The Kier molecular flexibility index (Phi) is 5.33. The van der Waals surface area contributed by atoms with E-state index in [9.17, 15) is 0 Å². The van der Waals surface area contributed by atoms with Gasteiger partial charge in [0.15, 0.2) is 0 Å². The summed E-state index contributed by atoms with van der Waals surface area (Å²) in [5, 5.41) is 4.23. The average molecular weight is 400 g/mol. The molecule has 0 fully saturated rings. The first kappa shape index (κ1) is 15.6. The van der Waals surface area contributed by atoms with E-state index in [0.717, 1.165) is 14.3 Å². The lowest BCUT2D eigenvalue weighted by Gasteiger charge is -2.18. The molecule has 0 aliphatic carbocycles. The Morgan fingerprint density at radius 1 is 0.950 bits per heavy atom. The van der Waals surface area contributed by atoms with Gasteiger partial charge in [0.25, 0.3) is 0 Å². The van der Waals surface area contributed by atoms with Gasteiger partial charge in [-0.2, -0.15) is 0 Å². The van der Waals surface area contributed by atoms with Crippen LogP contribution in [0.2, 0.25) is 5.02 Å². The Bertz CT molecular complexity index is 578. The zero-order valence-corrected chi connectivity index (χ0v) is 14.9. The largest absolute Gasteiger partial charge is 0.377 e. The Morgan fingerprint density at radius 2 is 1.55 bits per heavy atom. The molecule has 0 aliphatic rings. The molecule has 0 radical (unpaired) electrons. The summed E-state index contributed by atoms with van der Waals surface area (Å²) in [7, 11) is 0. The van der Waals surface area contributed by atoms with Gasteiger partial charge in [-0.3, -0.25) is 0 Å². The molecule has 1 nitrogen and oxygen atoms in total. The fourth-order valence-electron chi connectivity index (χ4n) is 2.09. The summed E-state index contributed by atoms with van der Waals surface area (Å²) < 4.78 is 1.15. The fourth-order valence-corrected chi connectivity index (χ4v) is 3.00. The van der Waals surface area contributed by atoms with Crippen molar-refractivity contribution in [1.29, 1.82) is 0 Å². The number of anilines is 1. The van der Waals surface area contributed by atoms with Crippen LogP contribution in [0.5, 0.6) is 0 Å². The predicted octanol–water partition coefficient (Wildman–Crippen LogP) is 6.24. The molecule has 3 heteroatoms. The predicted molar refractivity (Wildman–Crippen MR) is 96.7 cm³/mol. The lowest BCUT2D eigenvalue weighted by molar-refractivity contribution is 0.852. The molecule has 20 heavy (non-hydrogen) atoms. The van der Waals surface area contributed by atoms with E-state index in [-0.39, 0.29) is 6.04 Å². The van der Waals surface area contributed by atoms with Crippen molar-refractivity contribution < 1.29 is 0 Å². The van der Waals surface area contributed by atoms with Crippen molar-refractivity contribution in [3.8, 4) is 0 Å². The second-order valence-electron chi connectivity index (χ2n) is 5.31. The molecule has 2 aromatic carbocycles. The van der Waals surface area contributed by atoms with Crippen molar-refractivity contribution in [1.82, 2.24) is 0 Å². The van der Waals surface area contributed by atoms with Crippen LogP contribution in [-0.4, -0.2) is 0 Å². The van der Waals surface area contributed by atoms with Crippen molar-refractivity contribution in [3.63, 3.8) is 0 Å². The van der Waals surface area contributed by atoms with Crippen molar-refractivity contribution in [2.45, 2.75) is 32.7 Å². The van der Waals surface area contributed by atoms with Gasteiger partial charge in [-0.1, -0.05) is 49.7 Å². The quantitative estimate of drug-likeness (QED) is 0.600. The molecule has 2 rings (SSSR count). The van der Waals surface area contributed by atoms with E-state index < -0.39 is 0 Å². The maximum atomic E-state index is 6.26. The van der Waals surface area contributed by atoms with Crippen LogP contribution in [0.15, 0.2) is 42.5 Å². The molecule has 1 unspecified atom stereocenters. The summed E-state index contributed by atoms with van der Waals surface area (Å²) >= 11 is 8.53. The van der Waals surface area contributed by atoms with E-state index in [2.05, 4.69) is 79.0 Å². The van der Waals surface area contributed by atoms with Crippen LogP contribution in [-0.2, 0) is 0 Å². The van der Waals surface area contributed by atoms with Gasteiger partial charge in [0, 0.05) is 9.61 Å². The molecule has 1 N–H and O–H groups in total. The summed E-state index contributed by atoms with van der Waals surface area (Å²) in [4.78, 5) is 0. The molecule has 0 saturated heterocycles. The monoisotopic (exact) mass is 399 g/mol. The molecule has 0 bridgehead atoms. The molecular weight excluding hydrogens is 381 g/mol. The van der Waals surface area contributed by atoms with Gasteiger partial charge in [0.2, 0.25) is 0 Å². The summed E-state index contributed by atoms with van der Waals surface area (Å²) in [6.45, 7) is 6.57. The Morgan fingerprint density at radius 3 is 2.10 bits per heavy atom. The third-order valence-corrected chi connectivity index (χ3v) is 4.39. The summed E-state index contributed by atoms with van der Waals surface area (Å²) in [5.41, 5.74) is 3.62. The van der Waals surface area contributed by atoms with Crippen LogP contribution in [0.25, 0.3) is 0 Å². The minimum absolute atomic E-state index is 0.230. The second-order valence-corrected chi connectivity index (χ2v) is 6.96. The zero-order chi connectivity index (χ0) is 14.7. The normalized spacial score (nSPS) is 12.5. The van der Waals surface area contributed by atoms with E-state index in [1.54, 1.807) is 0 Å². The van der Waals surface area contributed by atoms with E-state index in [4.69, 9.17) is 11.6 Å². The molecule has 0 aliphatic heterocycles. The minimum Gasteiger partial charge on any atom is -0.377 e. The number of hydrogen-bond donors (Lipinski definition) is 1. The molecule has 0 saturated carbocycles. The minimum atomic E-state index is 0.230. The summed E-state index contributed by atoms with van der Waals surface area (Å²) in [6.07, 6.45) is 0. The van der Waals surface area contributed by atoms with Gasteiger partial charge in [-0.25, -0.2) is 0 Å². The smallest absolute Gasteiger partial charge is 0.0648 e. The van der Waals surface area contributed by atoms with Gasteiger partial charge < -0.3 is 5.32 Å². The molecular formula is C17H19ClIN. The lowest BCUT2D eigenvalue weighted by Crippen LogP contribution is -2.07. The average Bonchev–Trinajstić information content (AvgIpc) is 2.42. The van der Waals surface area contributed by atoms with Gasteiger partial charge >= 0.3 is 0 Å². The fraction of sp³-hybridized carbons (Fsp3) is 0.294. The van der Waals surface area contributed by atoms with Crippen molar-refractivity contribution >= 4 is 39.9 Å². The standard InChI is InChI=1S/C17H19ClIN/c1-11(2)13-4-6-14(7-5-13)12(3)20-17-9-8-15(19)10-16(17)18/h4-12,20H,1-3H3. The van der Waals surface area contributed by atoms with Gasteiger partial charge in [-0.15, -0.1) is 0 Å². The third-order valence-electron chi connectivity index (χ3n) is 3.41. The van der Waals surface area contributed by atoms with Crippen molar-refractivity contribution in [3.05, 3.63) is 62.2 Å². The number of rotatable bonds is 4. The molecule has 0 heterocycles. The van der Waals surface area contributed by atoms with E-state index in [1.165, 1.54) is 11.1 Å². The summed E-state index contributed by atoms with van der Waals surface area (Å²) in [6, 6.07) is 15.1. The molecule has 0 spiro atoms. The molecule has 0 aromatic heterocycles. The Hall–Kier alpha value is -0.740. The number of nitrogens with one attached hydrogen (secondary N) is 1. The lowest BCUT2D eigenvalue weighted by atomic mass is 9.99. The summed E-state index contributed by atoms with van der Waals surface area (Å²) in [5.74, 6) is 0.568. The highest BCUT2D eigenvalue weighted by atomic mass is 127. The van der Waals surface area contributed by atoms with Crippen LogP contribution in [0, 0.1) is 3.57 Å². The van der Waals surface area contributed by atoms with E-state index in [1.807, 2.05) is 12.1 Å². The molecule has 2 aromatic rings. The van der Waals surface area contributed by atoms with Crippen molar-refractivity contribution in [2.75, 3.05) is 5.32 Å². The highest BCUT2D eigenvalue weighted by Gasteiger charge is 2.08. The SMILES string of the molecule is CC(C)c1ccc(C(C)Nc2ccc(I)cc2Cl)cc1. The maximum absolute atomic E-state index is 6.26. The Labute approximate surface area is 139 Å². The van der Waals surface area contributed by atoms with E-state index >= 15 is 0 Å². The topological polar surface area (TPSA) is 12.0 Å². The van der Waals surface area contributed by atoms with Crippen LogP contribution in [0.3, 0.4) is 0 Å². The van der Waals surface area contributed by atoms with Gasteiger partial charge in [0.05, 0.1) is 10.7 Å². The van der Waals surface area contributed by atoms with Crippen LogP contribution < -0.4 is 5.32 Å². The van der Waals surface area contributed by atoms with E-state index in [0.29, 0.717) is 5.92 Å². The molecule has 0 amide bonds. The number of benzene rings is 2. The number of hydrogen-bond acceptors (Lipinski definition) is 1. The van der Waals surface area contributed by atoms with Gasteiger partial charge in [-0.05, 0) is 64.8 Å². The van der Waals surface area contributed by atoms with Crippen LogP contribution in [0.4, 0.5) is 5.69 Å². The highest BCUT2D eigenvalue weighted by molar-refractivity contribution is 14.1. The first-order chi connectivity index (χ1) is 9.47. The van der Waals surface area contributed by atoms with Gasteiger partial charge in [0.1, 0.15) is 0 Å². The Balaban J connectivity index is 2.13. The molecule has 1 atom stereocenters. The number of halogens is 2. The van der Waals surface area contributed by atoms with Crippen LogP contribution in [0.1, 0.15) is 43.9 Å². The zero-order valence-electron chi connectivity index (χ0n) is 12.0. The second kappa shape index (κ2) is 6.81. The first-order valence-electron chi connectivity index (χ1n) is 6.79. The van der Waals surface area contributed by atoms with Crippen LogP contribution >= 0.6 is 34.2 Å². The maximum Gasteiger partial charge on any atom is 0.0648 e.